The Morgan fingerprint density at radius 2 is 2.14 bits per heavy atom. The number of nitrogens with zero attached hydrogens (tertiary/aromatic N) is 3. The Morgan fingerprint density at radius 3 is 2.76 bits per heavy atom. The van der Waals surface area contributed by atoms with Crippen molar-refractivity contribution in [3.63, 3.8) is 0 Å². The summed E-state index contributed by atoms with van der Waals surface area (Å²) < 4.78 is 0. The predicted molar refractivity (Wildman–Crippen MR) is 82.7 cm³/mol. The van der Waals surface area contributed by atoms with Gasteiger partial charge in [-0.15, -0.1) is 0 Å². The Kier molecular flexibility index (Phi) is 4.65. The molecule has 2 N–H and O–H groups in total. The molecule has 1 heterocycles. The van der Waals surface area contributed by atoms with Crippen LogP contribution < -0.4 is 10.2 Å². The fourth-order valence-corrected chi connectivity index (χ4v) is 2.66. The molecule has 1 aromatic heterocycles. The molecule has 2 rings (SSSR count). The normalized spacial score (nSPS) is 21.6. The lowest BCUT2D eigenvalue weighted by Gasteiger charge is -2.24. The monoisotopic (exact) mass is 292 g/mol. The van der Waals surface area contributed by atoms with Gasteiger partial charge in [0.25, 0.3) is 0 Å². The van der Waals surface area contributed by atoms with Crippen molar-refractivity contribution in [1.82, 2.24) is 9.97 Å². The second kappa shape index (κ2) is 6.28. The van der Waals surface area contributed by atoms with E-state index >= 15 is 0 Å². The van der Waals surface area contributed by atoms with Crippen LogP contribution in [0.4, 0.5) is 11.8 Å². The van der Waals surface area contributed by atoms with Gasteiger partial charge in [0.05, 0.1) is 5.92 Å². The van der Waals surface area contributed by atoms with Gasteiger partial charge in [0, 0.05) is 30.9 Å². The largest absolute Gasteiger partial charge is 0.481 e. The molecule has 116 valence electrons. The van der Waals surface area contributed by atoms with Gasteiger partial charge in [0.15, 0.2) is 0 Å². The summed E-state index contributed by atoms with van der Waals surface area (Å²) in [7, 11) is 1.99. The topological polar surface area (TPSA) is 78.4 Å². The van der Waals surface area contributed by atoms with Gasteiger partial charge in [0.1, 0.15) is 5.82 Å². The van der Waals surface area contributed by atoms with Crippen molar-refractivity contribution in [2.75, 3.05) is 17.3 Å². The van der Waals surface area contributed by atoms with Crippen LogP contribution in [0.1, 0.15) is 38.8 Å². The first-order chi connectivity index (χ1) is 9.88. The van der Waals surface area contributed by atoms with Crippen LogP contribution in [-0.4, -0.2) is 40.2 Å². The highest BCUT2D eigenvalue weighted by Crippen LogP contribution is 2.28. The van der Waals surface area contributed by atoms with Crippen molar-refractivity contribution in [3.8, 4) is 0 Å². The Bertz CT molecular complexity index is 518. The molecule has 6 heteroatoms. The molecule has 0 aromatic carbocycles. The third-order valence-corrected chi connectivity index (χ3v) is 4.12. The minimum atomic E-state index is -0.739. The molecule has 2 unspecified atom stereocenters. The summed E-state index contributed by atoms with van der Waals surface area (Å²) in [5.41, 5.74) is 0.875. The maximum Gasteiger partial charge on any atom is 0.308 e. The van der Waals surface area contributed by atoms with Crippen LogP contribution >= 0.6 is 0 Å². The Balaban J connectivity index is 2.18. The van der Waals surface area contributed by atoms with E-state index in [2.05, 4.69) is 34.0 Å². The standard InChI is InChI=1S/C15H24N4O2/c1-9(2)19(4)13-8-10(3)16-15(18-13)17-12-7-5-6-11(12)14(20)21/h8-9,11-12H,5-7H2,1-4H3,(H,20,21)(H,16,17,18). The molecule has 0 amide bonds. The van der Waals surface area contributed by atoms with E-state index in [4.69, 9.17) is 0 Å². The van der Waals surface area contributed by atoms with E-state index in [9.17, 15) is 9.90 Å². The first kappa shape index (κ1) is 15.5. The van der Waals surface area contributed by atoms with Gasteiger partial charge in [0.2, 0.25) is 5.95 Å². The molecule has 0 spiro atoms. The molecule has 0 bridgehead atoms. The Morgan fingerprint density at radius 1 is 1.43 bits per heavy atom. The molecule has 21 heavy (non-hydrogen) atoms. The van der Waals surface area contributed by atoms with Crippen LogP contribution in [0, 0.1) is 12.8 Å². The Hall–Kier alpha value is -1.85. The van der Waals surface area contributed by atoms with E-state index < -0.39 is 5.97 Å². The van der Waals surface area contributed by atoms with E-state index in [1.165, 1.54) is 0 Å². The van der Waals surface area contributed by atoms with Crippen LogP contribution in [0.15, 0.2) is 6.07 Å². The zero-order chi connectivity index (χ0) is 15.6. The molecule has 0 radical (unpaired) electrons. The maximum absolute atomic E-state index is 11.2. The number of aliphatic carboxylic acids is 1. The number of hydrogen-bond acceptors (Lipinski definition) is 5. The summed E-state index contributed by atoms with van der Waals surface area (Å²) in [6.07, 6.45) is 2.50. The highest BCUT2D eigenvalue weighted by molar-refractivity contribution is 5.72. The molecule has 1 aliphatic rings. The molecule has 2 atom stereocenters. The van der Waals surface area contributed by atoms with Crippen LogP contribution in [0.2, 0.25) is 0 Å². The number of aryl methyl sites for hydroxylation is 1. The average Bonchev–Trinajstić information content (AvgIpc) is 2.85. The van der Waals surface area contributed by atoms with Crippen molar-refractivity contribution >= 4 is 17.7 Å². The minimum absolute atomic E-state index is 0.0819. The molecule has 1 saturated carbocycles. The van der Waals surface area contributed by atoms with Crippen LogP contribution in [-0.2, 0) is 4.79 Å². The molecule has 1 aromatic rings. The molecular weight excluding hydrogens is 268 g/mol. The molecule has 1 fully saturated rings. The number of aromatic nitrogens is 2. The predicted octanol–water partition coefficient (Wildman–Crippen LogP) is 2.29. The lowest BCUT2D eigenvalue weighted by atomic mass is 10.0. The summed E-state index contributed by atoms with van der Waals surface area (Å²) in [6.45, 7) is 6.12. The Labute approximate surface area is 125 Å². The first-order valence-corrected chi connectivity index (χ1v) is 7.46. The molecular formula is C15H24N4O2. The third-order valence-electron chi connectivity index (χ3n) is 4.12. The van der Waals surface area contributed by atoms with E-state index in [-0.39, 0.29) is 12.0 Å². The summed E-state index contributed by atoms with van der Waals surface area (Å²) in [6, 6.07) is 2.20. The highest BCUT2D eigenvalue weighted by Gasteiger charge is 2.33. The number of anilines is 2. The van der Waals surface area contributed by atoms with Crippen molar-refractivity contribution in [3.05, 3.63) is 11.8 Å². The van der Waals surface area contributed by atoms with Gasteiger partial charge in [-0.05, 0) is 33.6 Å². The SMILES string of the molecule is Cc1cc(N(C)C(C)C)nc(NC2CCCC2C(=O)O)n1. The maximum atomic E-state index is 11.2. The summed E-state index contributed by atoms with van der Waals surface area (Å²) in [4.78, 5) is 22.2. The molecule has 0 aliphatic heterocycles. The zero-order valence-corrected chi connectivity index (χ0v) is 13.1. The second-order valence-electron chi connectivity index (χ2n) is 6.02. The number of rotatable bonds is 5. The van der Waals surface area contributed by atoms with Gasteiger partial charge in [-0.2, -0.15) is 4.98 Å². The van der Waals surface area contributed by atoms with Crippen molar-refractivity contribution in [1.29, 1.82) is 0 Å². The minimum Gasteiger partial charge on any atom is -0.481 e. The summed E-state index contributed by atoms with van der Waals surface area (Å²) in [5.74, 6) is 0.290. The van der Waals surface area contributed by atoms with E-state index in [1.807, 2.05) is 20.0 Å². The fraction of sp³-hybridized carbons (Fsp3) is 0.667. The second-order valence-corrected chi connectivity index (χ2v) is 6.02. The van der Waals surface area contributed by atoms with Gasteiger partial charge in [-0.25, -0.2) is 4.98 Å². The van der Waals surface area contributed by atoms with Crippen molar-refractivity contribution in [2.45, 2.75) is 52.1 Å². The third kappa shape index (κ3) is 3.62. The molecule has 6 nitrogen and oxygen atoms in total. The quantitative estimate of drug-likeness (QED) is 0.867. The number of carbonyl (C=O) groups is 1. The van der Waals surface area contributed by atoms with E-state index in [0.29, 0.717) is 12.0 Å². The summed E-state index contributed by atoms with van der Waals surface area (Å²) >= 11 is 0. The number of carboxylic acid groups (broad SMARTS) is 1. The van der Waals surface area contributed by atoms with Gasteiger partial charge in [-0.1, -0.05) is 6.42 Å². The summed E-state index contributed by atoms with van der Waals surface area (Å²) in [5, 5.41) is 12.5. The first-order valence-electron chi connectivity index (χ1n) is 7.46. The van der Waals surface area contributed by atoms with E-state index in [1.54, 1.807) is 0 Å². The van der Waals surface area contributed by atoms with Crippen LogP contribution in [0.3, 0.4) is 0 Å². The number of hydrogen-bond donors (Lipinski definition) is 2. The fourth-order valence-electron chi connectivity index (χ4n) is 2.66. The van der Waals surface area contributed by atoms with E-state index in [0.717, 1.165) is 30.8 Å². The average molecular weight is 292 g/mol. The van der Waals surface area contributed by atoms with Gasteiger partial charge in [-0.3, -0.25) is 4.79 Å². The van der Waals surface area contributed by atoms with Gasteiger partial charge >= 0.3 is 5.97 Å². The van der Waals surface area contributed by atoms with Gasteiger partial charge < -0.3 is 15.3 Å². The molecule has 1 aliphatic carbocycles. The number of carboxylic acids is 1. The lowest BCUT2D eigenvalue weighted by molar-refractivity contribution is -0.141. The highest BCUT2D eigenvalue weighted by atomic mass is 16.4. The van der Waals surface area contributed by atoms with Crippen LogP contribution in [0.5, 0.6) is 0 Å². The lowest BCUT2D eigenvalue weighted by Crippen LogP contribution is -2.31. The zero-order valence-electron chi connectivity index (χ0n) is 13.1. The molecule has 0 saturated heterocycles. The van der Waals surface area contributed by atoms with Crippen molar-refractivity contribution in [2.24, 2.45) is 5.92 Å². The van der Waals surface area contributed by atoms with Crippen LogP contribution in [0.25, 0.3) is 0 Å². The smallest absolute Gasteiger partial charge is 0.308 e. The number of nitrogens with one attached hydrogen (secondary N) is 1. The van der Waals surface area contributed by atoms with Crippen molar-refractivity contribution < 1.29 is 9.90 Å².